The molecule has 2 heteroatoms. The molecule has 4 saturated carbocycles. The maximum absolute atomic E-state index is 12.8. The van der Waals surface area contributed by atoms with Gasteiger partial charge in [-0.15, -0.1) is 0 Å². The topological polar surface area (TPSA) is 37.3 Å². The summed E-state index contributed by atoms with van der Waals surface area (Å²) in [5, 5.41) is 10.3. The van der Waals surface area contributed by atoms with Crippen LogP contribution in [0.4, 0.5) is 0 Å². The van der Waals surface area contributed by atoms with E-state index in [1.165, 1.54) is 0 Å². The molecule has 0 spiro atoms. The maximum Gasteiger partial charge on any atom is 0.133 e. The van der Waals surface area contributed by atoms with Crippen LogP contribution in [0.25, 0.3) is 0 Å². The molecular weight excluding hydrogens is 284 g/mol. The molecule has 23 heavy (non-hydrogen) atoms. The van der Waals surface area contributed by atoms with Crippen molar-refractivity contribution >= 4 is 5.78 Å². The number of ketones is 1. The lowest BCUT2D eigenvalue weighted by Crippen LogP contribution is -2.54. The van der Waals surface area contributed by atoms with E-state index in [2.05, 4.69) is 6.92 Å². The SMILES string of the molecule is [2H]C([2H])([2H])C(=O)[C@@]1([2H])CC[C@H]2[C@@H]3CC[C@@]4([2H])C[C@]([2H])(O)CC[C@]4(C)[C@H]3CC[C@@]21C. The smallest absolute Gasteiger partial charge is 0.133 e. The van der Waals surface area contributed by atoms with E-state index in [0.717, 1.165) is 12.8 Å². The summed E-state index contributed by atoms with van der Waals surface area (Å²) < 4.78 is 49.1. The Labute approximate surface area is 149 Å². The lowest BCUT2D eigenvalue weighted by molar-refractivity contribution is -0.138. The molecule has 0 amide bonds. The summed E-state index contributed by atoms with van der Waals surface area (Å²) in [4.78, 5) is 12.8. The quantitative estimate of drug-likeness (QED) is 0.765. The van der Waals surface area contributed by atoms with Crippen molar-refractivity contribution in [1.82, 2.24) is 0 Å². The zero-order chi connectivity index (χ0) is 21.7. The average Bonchev–Trinajstić information content (AvgIpc) is 2.87. The van der Waals surface area contributed by atoms with Crippen molar-refractivity contribution < 1.29 is 18.1 Å². The number of rotatable bonds is 1. The molecule has 8 atom stereocenters. The number of hydrogen-bond acceptors (Lipinski definition) is 2. The van der Waals surface area contributed by atoms with Gasteiger partial charge in [-0.25, -0.2) is 0 Å². The first-order chi connectivity index (χ1) is 13.1. The van der Waals surface area contributed by atoms with Crippen LogP contribution in [0.5, 0.6) is 0 Å². The van der Waals surface area contributed by atoms with Crippen molar-refractivity contribution in [3.8, 4) is 0 Å². The van der Waals surface area contributed by atoms with Gasteiger partial charge in [-0.3, -0.25) is 4.79 Å². The summed E-state index contributed by atoms with van der Waals surface area (Å²) in [5.74, 6) is -2.59. The zero-order valence-electron chi connectivity index (χ0n) is 20.5. The minimum atomic E-state index is -2.74. The van der Waals surface area contributed by atoms with Gasteiger partial charge in [0.15, 0.2) is 0 Å². The van der Waals surface area contributed by atoms with E-state index in [1.807, 2.05) is 6.92 Å². The number of carbonyl (C=O) groups excluding carboxylic acids is 1. The van der Waals surface area contributed by atoms with Gasteiger partial charge in [0.1, 0.15) is 5.78 Å². The molecule has 1 N–H and O–H groups in total. The van der Waals surface area contributed by atoms with E-state index >= 15 is 0 Å². The zero-order valence-corrected chi connectivity index (χ0v) is 14.5. The second-order valence-corrected chi connectivity index (χ2v) is 8.98. The lowest BCUT2D eigenvalue weighted by Gasteiger charge is -2.60. The molecule has 0 heterocycles. The highest BCUT2D eigenvalue weighted by molar-refractivity contribution is 5.79. The van der Waals surface area contributed by atoms with Crippen LogP contribution < -0.4 is 0 Å². The summed E-state index contributed by atoms with van der Waals surface area (Å²) in [6.07, 6.45) is 3.57. The molecular formula is C21H34O2. The molecule has 4 fully saturated rings. The summed E-state index contributed by atoms with van der Waals surface area (Å²) in [5.41, 5.74) is -0.922. The molecule has 0 saturated heterocycles. The Hall–Kier alpha value is -0.370. The average molecular weight is 325 g/mol. The highest BCUT2D eigenvalue weighted by Gasteiger charge is 2.60. The van der Waals surface area contributed by atoms with E-state index in [1.54, 1.807) is 0 Å². The standard InChI is InChI=1S/C21H34O2/c1-13(22)17-6-7-18-16-5-4-14-12-15(23)8-10-20(14,2)19(16)9-11-21(17,18)3/h14-19,23H,4-12H2,1-3H3/t14-,15+,16-,17+,18-,19-,20-,21+/m0/s1/i1D3,14D,15D,17D. The van der Waals surface area contributed by atoms with Crippen molar-refractivity contribution in [2.75, 3.05) is 0 Å². The Bertz CT molecular complexity index is 722. The number of carbonyl (C=O) groups is 1. The molecule has 4 aliphatic carbocycles. The summed E-state index contributed by atoms with van der Waals surface area (Å²) in [7, 11) is 0. The molecule has 4 aliphatic rings. The van der Waals surface area contributed by atoms with Crippen LogP contribution in [0, 0.1) is 40.4 Å². The van der Waals surface area contributed by atoms with E-state index in [-0.39, 0.29) is 29.6 Å². The van der Waals surface area contributed by atoms with Gasteiger partial charge in [-0.05, 0) is 99.1 Å². The first kappa shape index (κ1) is 10.6. The fourth-order valence-electron chi connectivity index (χ4n) is 6.95. The first-order valence-corrected chi connectivity index (χ1v) is 9.37. The van der Waals surface area contributed by atoms with Crippen LogP contribution in [-0.2, 0) is 4.79 Å². The predicted octanol–water partition coefficient (Wildman–Crippen LogP) is 4.60. The minimum absolute atomic E-state index is 0.128. The van der Waals surface area contributed by atoms with Gasteiger partial charge in [-0.1, -0.05) is 13.8 Å². The van der Waals surface area contributed by atoms with Gasteiger partial charge in [0.25, 0.3) is 0 Å². The molecule has 0 bridgehead atoms. The molecule has 0 radical (unpaired) electrons. The van der Waals surface area contributed by atoms with Gasteiger partial charge in [0, 0.05) is 12.7 Å². The van der Waals surface area contributed by atoms with Gasteiger partial charge < -0.3 is 5.11 Å². The van der Waals surface area contributed by atoms with Crippen molar-refractivity contribution in [3.63, 3.8) is 0 Å². The Morgan fingerprint density at radius 2 is 1.78 bits per heavy atom. The van der Waals surface area contributed by atoms with Crippen molar-refractivity contribution in [2.45, 2.75) is 84.6 Å². The first-order valence-electron chi connectivity index (χ1n) is 12.4. The third-order valence-corrected chi connectivity index (χ3v) is 8.25. The van der Waals surface area contributed by atoms with Crippen molar-refractivity contribution in [2.24, 2.45) is 40.4 Å². The molecule has 0 aromatic carbocycles. The fraction of sp³-hybridized carbons (Fsp3) is 0.952. The number of aliphatic hydroxyl groups is 1. The molecule has 0 aromatic heterocycles. The largest absolute Gasteiger partial charge is 0.393 e. The van der Waals surface area contributed by atoms with Crippen molar-refractivity contribution in [3.05, 3.63) is 0 Å². The molecule has 130 valence electrons. The Kier molecular flexibility index (Phi) is 2.44. The number of Topliss-reactive ketones (excluding diaryl/α,β-unsaturated/α-hetero) is 1. The van der Waals surface area contributed by atoms with E-state index in [4.69, 9.17) is 6.85 Å². The van der Waals surface area contributed by atoms with Gasteiger partial charge in [0.2, 0.25) is 0 Å². The normalized spacial score (nSPS) is 69.6. The lowest BCUT2D eigenvalue weighted by atomic mass is 9.44. The molecule has 2 nitrogen and oxygen atoms in total. The second-order valence-electron chi connectivity index (χ2n) is 8.98. The summed E-state index contributed by atoms with van der Waals surface area (Å²) in [6.45, 7) is 1.38. The second kappa shape index (κ2) is 5.31. The van der Waals surface area contributed by atoms with Gasteiger partial charge in [-0.2, -0.15) is 0 Å². The van der Waals surface area contributed by atoms with Crippen LogP contribution in [0.3, 0.4) is 0 Å². The van der Waals surface area contributed by atoms with Gasteiger partial charge in [0.05, 0.1) is 7.45 Å². The van der Waals surface area contributed by atoms with Gasteiger partial charge >= 0.3 is 0 Å². The van der Waals surface area contributed by atoms with Crippen LogP contribution >= 0.6 is 0 Å². The predicted molar refractivity (Wildman–Crippen MR) is 91.9 cm³/mol. The fourth-order valence-corrected chi connectivity index (χ4v) is 6.95. The molecule has 0 aromatic rings. The van der Waals surface area contributed by atoms with E-state index < -0.39 is 35.9 Å². The maximum atomic E-state index is 12.8. The summed E-state index contributed by atoms with van der Waals surface area (Å²) in [6, 6.07) is 0. The number of hydrogen-bond donors (Lipinski definition) is 1. The van der Waals surface area contributed by atoms with Crippen molar-refractivity contribution in [1.29, 1.82) is 0 Å². The Balaban J connectivity index is 1.66. The molecule has 4 rings (SSSR count). The Morgan fingerprint density at radius 3 is 2.57 bits per heavy atom. The van der Waals surface area contributed by atoms with Crippen LogP contribution in [0.1, 0.15) is 86.7 Å². The van der Waals surface area contributed by atoms with E-state index in [9.17, 15) is 11.3 Å². The van der Waals surface area contributed by atoms with Crippen LogP contribution in [-0.4, -0.2) is 17.0 Å². The summed E-state index contributed by atoms with van der Waals surface area (Å²) >= 11 is 0. The minimum Gasteiger partial charge on any atom is -0.393 e. The highest BCUT2D eigenvalue weighted by atomic mass is 16.3. The van der Waals surface area contributed by atoms with Crippen LogP contribution in [0.2, 0.25) is 0 Å². The Morgan fingerprint density at radius 1 is 1.04 bits per heavy atom. The monoisotopic (exact) mass is 324 g/mol. The van der Waals surface area contributed by atoms with Crippen LogP contribution in [0.15, 0.2) is 0 Å². The molecule has 0 unspecified atom stereocenters. The van der Waals surface area contributed by atoms with E-state index in [0.29, 0.717) is 38.5 Å². The third kappa shape index (κ3) is 2.19. The molecule has 0 aliphatic heterocycles. The third-order valence-electron chi connectivity index (χ3n) is 8.25. The highest BCUT2D eigenvalue weighted by Crippen LogP contribution is 2.67. The number of fused-ring (bicyclic) bond motifs is 5.